The standard InChI is InChI=1S/C28H29ClFN5O2/c1-35(2)23-12-9-19-14-21(6-5-20(19)15-23)27(36)34-24(4-3-13-32-26(31)16-30)28-33-17-25(37-28)18-7-10-22(29)11-8-18/h5-12,14-15,17,24H,3-4,13,16H2,1-2H3,(H2,31,32)(H,34,36). The van der Waals surface area contributed by atoms with Crippen LogP contribution in [0.2, 0.25) is 5.02 Å². The maximum atomic E-state index is 13.2. The molecule has 1 atom stereocenters. The summed E-state index contributed by atoms with van der Waals surface area (Å²) in [5.74, 6) is 0.510. The quantitative estimate of drug-likeness (QED) is 0.135. The van der Waals surface area contributed by atoms with Gasteiger partial charge >= 0.3 is 0 Å². The van der Waals surface area contributed by atoms with Crippen LogP contribution in [-0.2, 0) is 0 Å². The van der Waals surface area contributed by atoms with Crippen molar-refractivity contribution in [3.63, 3.8) is 0 Å². The number of oxazole rings is 1. The van der Waals surface area contributed by atoms with Gasteiger partial charge in [0.05, 0.1) is 6.20 Å². The van der Waals surface area contributed by atoms with E-state index in [-0.39, 0.29) is 11.7 Å². The van der Waals surface area contributed by atoms with Crippen LogP contribution in [0.25, 0.3) is 22.1 Å². The number of hydrogen-bond acceptors (Lipinski definition) is 5. The van der Waals surface area contributed by atoms with Crippen molar-refractivity contribution in [2.75, 3.05) is 32.2 Å². The Morgan fingerprint density at radius 3 is 2.57 bits per heavy atom. The number of rotatable bonds is 10. The molecule has 192 valence electrons. The maximum absolute atomic E-state index is 13.2. The Hall–Kier alpha value is -3.91. The number of amidine groups is 1. The summed E-state index contributed by atoms with van der Waals surface area (Å²) in [7, 11) is 3.97. The molecule has 0 saturated carbocycles. The second kappa shape index (κ2) is 11.9. The first kappa shape index (κ1) is 26.2. The summed E-state index contributed by atoms with van der Waals surface area (Å²) in [6.45, 7) is -0.452. The number of fused-ring (bicyclic) bond motifs is 1. The molecule has 0 spiro atoms. The van der Waals surface area contributed by atoms with Crippen molar-refractivity contribution in [3.05, 3.63) is 83.3 Å². The van der Waals surface area contributed by atoms with E-state index in [4.69, 9.17) is 21.4 Å². The molecule has 0 saturated heterocycles. The van der Waals surface area contributed by atoms with E-state index in [1.54, 1.807) is 24.4 Å². The third kappa shape index (κ3) is 6.65. The van der Waals surface area contributed by atoms with E-state index in [0.29, 0.717) is 41.6 Å². The van der Waals surface area contributed by atoms with E-state index in [2.05, 4.69) is 21.7 Å². The number of hydrogen-bond donors (Lipinski definition) is 3. The number of alkyl halides is 1. The van der Waals surface area contributed by atoms with Gasteiger partial charge in [-0.05, 0) is 72.1 Å². The van der Waals surface area contributed by atoms with Gasteiger partial charge in [-0.15, -0.1) is 0 Å². The summed E-state index contributed by atoms with van der Waals surface area (Å²) >= 11 is 5.99. The van der Waals surface area contributed by atoms with Crippen LogP contribution in [0.4, 0.5) is 10.1 Å². The van der Waals surface area contributed by atoms with Crippen molar-refractivity contribution < 1.29 is 13.6 Å². The average molecular weight is 522 g/mol. The van der Waals surface area contributed by atoms with Crippen LogP contribution >= 0.6 is 11.6 Å². The van der Waals surface area contributed by atoms with Gasteiger partial charge in [0.15, 0.2) is 5.76 Å². The zero-order chi connectivity index (χ0) is 26.4. The third-order valence-corrected chi connectivity index (χ3v) is 6.25. The van der Waals surface area contributed by atoms with Gasteiger partial charge in [-0.25, -0.2) is 9.37 Å². The maximum Gasteiger partial charge on any atom is 0.251 e. The Labute approximate surface area is 220 Å². The number of aromatic nitrogens is 1. The Morgan fingerprint density at radius 1 is 1.11 bits per heavy atom. The van der Waals surface area contributed by atoms with Crippen molar-refractivity contribution in [2.24, 2.45) is 0 Å². The first-order valence-electron chi connectivity index (χ1n) is 11.9. The van der Waals surface area contributed by atoms with Gasteiger partial charge in [0.1, 0.15) is 18.6 Å². The summed E-state index contributed by atoms with van der Waals surface area (Å²) in [6.07, 6.45) is 2.67. The van der Waals surface area contributed by atoms with Crippen molar-refractivity contribution in [1.29, 1.82) is 5.41 Å². The number of amides is 1. The van der Waals surface area contributed by atoms with Gasteiger partial charge in [-0.2, -0.15) is 0 Å². The van der Waals surface area contributed by atoms with Crippen LogP contribution in [0.5, 0.6) is 0 Å². The Bertz CT molecular complexity index is 1390. The van der Waals surface area contributed by atoms with Gasteiger partial charge in [-0.3, -0.25) is 10.2 Å². The van der Waals surface area contributed by atoms with E-state index in [0.717, 1.165) is 22.0 Å². The third-order valence-electron chi connectivity index (χ3n) is 6.00. The second-order valence-electron chi connectivity index (χ2n) is 8.92. The minimum atomic E-state index is -0.845. The highest BCUT2D eigenvalue weighted by atomic mass is 35.5. The highest BCUT2D eigenvalue weighted by Crippen LogP contribution is 2.27. The van der Waals surface area contributed by atoms with Crippen LogP contribution in [0.3, 0.4) is 0 Å². The molecule has 0 aliphatic heterocycles. The molecule has 7 nitrogen and oxygen atoms in total. The molecule has 0 fully saturated rings. The van der Waals surface area contributed by atoms with Crippen LogP contribution in [0.15, 0.2) is 71.3 Å². The number of carbonyl (C=O) groups excluding carboxylic acids is 1. The lowest BCUT2D eigenvalue weighted by molar-refractivity contribution is 0.0927. The number of nitrogens with one attached hydrogen (secondary N) is 3. The number of halogens is 2. The first-order chi connectivity index (χ1) is 17.8. The summed E-state index contributed by atoms with van der Waals surface area (Å²) < 4.78 is 18.6. The van der Waals surface area contributed by atoms with Crippen molar-refractivity contribution in [3.8, 4) is 11.3 Å². The minimum Gasteiger partial charge on any atom is -0.438 e. The second-order valence-corrected chi connectivity index (χ2v) is 9.35. The van der Waals surface area contributed by atoms with Crippen LogP contribution < -0.4 is 15.5 Å². The summed E-state index contributed by atoms with van der Waals surface area (Å²) in [5.41, 5.74) is 2.43. The monoisotopic (exact) mass is 521 g/mol. The van der Waals surface area contributed by atoms with Crippen LogP contribution in [0.1, 0.15) is 35.1 Å². The molecule has 0 radical (unpaired) electrons. The lowest BCUT2D eigenvalue weighted by atomic mass is 10.0. The SMILES string of the molecule is CN(C)c1ccc2cc(C(=O)NC(CCCNC(=N)CF)c3ncc(-c4ccc(Cl)cc4)o3)ccc2c1. The molecule has 1 unspecified atom stereocenters. The number of anilines is 1. The molecular formula is C28H29ClFN5O2. The van der Waals surface area contributed by atoms with E-state index in [1.165, 1.54) is 0 Å². The van der Waals surface area contributed by atoms with Gasteiger partial charge < -0.3 is 20.0 Å². The zero-order valence-electron chi connectivity index (χ0n) is 20.7. The normalized spacial score (nSPS) is 11.8. The highest BCUT2D eigenvalue weighted by molar-refractivity contribution is 6.30. The van der Waals surface area contributed by atoms with Gasteiger partial charge in [0.2, 0.25) is 5.89 Å². The Balaban J connectivity index is 1.53. The van der Waals surface area contributed by atoms with Gasteiger partial charge in [-0.1, -0.05) is 23.7 Å². The van der Waals surface area contributed by atoms with Gasteiger partial charge in [0.25, 0.3) is 5.91 Å². The molecule has 9 heteroatoms. The summed E-state index contributed by atoms with van der Waals surface area (Å²) in [5, 5.41) is 15.8. The molecule has 0 bridgehead atoms. The number of nitrogens with zero attached hydrogens (tertiary/aromatic N) is 2. The Kier molecular flexibility index (Phi) is 8.40. The van der Waals surface area contributed by atoms with E-state index >= 15 is 0 Å². The minimum absolute atomic E-state index is 0.171. The van der Waals surface area contributed by atoms with Crippen molar-refractivity contribution >= 4 is 39.8 Å². The molecule has 1 aromatic heterocycles. The first-order valence-corrected chi connectivity index (χ1v) is 12.3. The fourth-order valence-corrected chi connectivity index (χ4v) is 4.07. The molecule has 0 aliphatic rings. The van der Waals surface area contributed by atoms with Crippen LogP contribution in [-0.4, -0.2) is 44.0 Å². The predicted octanol–water partition coefficient (Wildman–Crippen LogP) is 6.00. The predicted molar refractivity (Wildman–Crippen MR) is 146 cm³/mol. The number of benzene rings is 3. The lowest BCUT2D eigenvalue weighted by Crippen LogP contribution is -2.30. The van der Waals surface area contributed by atoms with E-state index in [9.17, 15) is 9.18 Å². The fourth-order valence-electron chi connectivity index (χ4n) is 3.94. The average Bonchev–Trinajstić information content (AvgIpc) is 3.40. The van der Waals surface area contributed by atoms with Crippen molar-refractivity contribution in [2.45, 2.75) is 18.9 Å². The molecule has 1 heterocycles. The molecule has 1 amide bonds. The molecular weight excluding hydrogens is 493 g/mol. The summed E-state index contributed by atoms with van der Waals surface area (Å²) in [4.78, 5) is 19.7. The molecule has 3 aromatic carbocycles. The van der Waals surface area contributed by atoms with Crippen molar-refractivity contribution in [1.82, 2.24) is 15.6 Å². The van der Waals surface area contributed by atoms with Crippen LogP contribution in [0, 0.1) is 5.41 Å². The molecule has 3 N–H and O–H groups in total. The van der Waals surface area contributed by atoms with E-state index in [1.807, 2.05) is 55.4 Å². The summed E-state index contributed by atoms with van der Waals surface area (Å²) in [6, 6.07) is 18.4. The number of carbonyl (C=O) groups is 1. The van der Waals surface area contributed by atoms with Gasteiger partial charge in [0, 0.05) is 42.5 Å². The lowest BCUT2D eigenvalue weighted by Gasteiger charge is -2.17. The molecule has 4 aromatic rings. The highest BCUT2D eigenvalue weighted by Gasteiger charge is 2.21. The topological polar surface area (TPSA) is 94.2 Å². The zero-order valence-corrected chi connectivity index (χ0v) is 21.5. The molecule has 37 heavy (non-hydrogen) atoms. The molecule has 4 rings (SSSR count). The molecule has 0 aliphatic carbocycles. The smallest absolute Gasteiger partial charge is 0.251 e. The Morgan fingerprint density at radius 2 is 1.84 bits per heavy atom. The van der Waals surface area contributed by atoms with E-state index < -0.39 is 12.7 Å². The fraction of sp³-hybridized carbons (Fsp3) is 0.250. The largest absolute Gasteiger partial charge is 0.438 e.